The molecule has 28 heavy (non-hydrogen) atoms. The lowest BCUT2D eigenvalue weighted by Gasteiger charge is -2.10. The van der Waals surface area contributed by atoms with E-state index in [1.807, 2.05) is 30.3 Å². The normalized spacial score (nSPS) is 11.4. The largest absolute Gasteiger partial charge is 0.491 e. The molecule has 4 nitrogen and oxygen atoms in total. The van der Waals surface area contributed by atoms with Crippen molar-refractivity contribution in [1.29, 1.82) is 0 Å². The second-order valence-electron chi connectivity index (χ2n) is 6.25. The number of pyridine rings is 1. The molecule has 1 heterocycles. The number of carbonyl (C=O) groups excluding carboxylic acids is 1. The van der Waals surface area contributed by atoms with Gasteiger partial charge in [0.2, 0.25) is 5.91 Å². The molecular formula is C21H19F3N2O2. The van der Waals surface area contributed by atoms with Gasteiger partial charge in [-0.05, 0) is 36.2 Å². The summed E-state index contributed by atoms with van der Waals surface area (Å²) in [6.07, 6.45) is -2.04. The lowest BCUT2D eigenvalue weighted by Crippen LogP contribution is -2.27. The van der Waals surface area contributed by atoms with E-state index in [0.717, 1.165) is 23.0 Å². The summed E-state index contributed by atoms with van der Waals surface area (Å²) >= 11 is 0. The van der Waals surface area contributed by atoms with Gasteiger partial charge in [-0.25, -0.2) is 0 Å². The minimum atomic E-state index is -4.37. The van der Waals surface area contributed by atoms with E-state index >= 15 is 0 Å². The van der Waals surface area contributed by atoms with Gasteiger partial charge < -0.3 is 10.1 Å². The number of amides is 1. The third-order valence-corrected chi connectivity index (χ3v) is 4.14. The summed E-state index contributed by atoms with van der Waals surface area (Å²) in [6, 6.07) is 14.1. The first-order valence-corrected chi connectivity index (χ1v) is 8.83. The molecule has 1 aromatic heterocycles. The van der Waals surface area contributed by atoms with Crippen molar-refractivity contribution >= 4 is 16.8 Å². The molecule has 0 saturated heterocycles. The van der Waals surface area contributed by atoms with Crippen LogP contribution in [-0.2, 0) is 17.4 Å². The van der Waals surface area contributed by atoms with E-state index in [0.29, 0.717) is 30.9 Å². The van der Waals surface area contributed by atoms with Crippen LogP contribution in [0.25, 0.3) is 10.9 Å². The molecule has 146 valence electrons. The van der Waals surface area contributed by atoms with Crippen LogP contribution in [0.5, 0.6) is 5.75 Å². The first-order valence-electron chi connectivity index (χ1n) is 8.83. The predicted octanol–water partition coefficient (Wildman–Crippen LogP) is 4.38. The molecule has 0 bridgehead atoms. The Labute approximate surface area is 160 Å². The molecule has 0 radical (unpaired) electrons. The second kappa shape index (κ2) is 8.73. The van der Waals surface area contributed by atoms with Crippen molar-refractivity contribution in [3.8, 4) is 5.75 Å². The van der Waals surface area contributed by atoms with Gasteiger partial charge in [0.15, 0.2) is 0 Å². The van der Waals surface area contributed by atoms with Crippen LogP contribution in [0.2, 0.25) is 0 Å². The summed E-state index contributed by atoms with van der Waals surface area (Å²) in [5, 5.41) is 3.73. The van der Waals surface area contributed by atoms with Gasteiger partial charge in [0.25, 0.3) is 0 Å². The van der Waals surface area contributed by atoms with Crippen molar-refractivity contribution in [3.63, 3.8) is 0 Å². The number of hydrogen-bond donors (Lipinski definition) is 1. The van der Waals surface area contributed by atoms with Crippen molar-refractivity contribution < 1.29 is 22.7 Å². The number of aromatic nitrogens is 1. The van der Waals surface area contributed by atoms with Gasteiger partial charge in [-0.2, -0.15) is 13.2 Å². The van der Waals surface area contributed by atoms with E-state index in [1.54, 1.807) is 6.20 Å². The van der Waals surface area contributed by atoms with Crippen LogP contribution in [0, 0.1) is 0 Å². The van der Waals surface area contributed by atoms with E-state index in [4.69, 9.17) is 4.74 Å². The molecule has 0 aliphatic carbocycles. The predicted molar refractivity (Wildman–Crippen MR) is 100 cm³/mol. The Balaban J connectivity index is 1.41. The number of nitrogens with one attached hydrogen (secondary N) is 1. The standard InChI is InChI=1S/C21H19F3N2O2/c22-21(23,24)17-9-7-15(8-10-17)14-19(27)25-12-3-13-28-18-6-1-4-16-5-2-11-26-20(16)18/h1-2,4-11H,3,12-14H2,(H,25,27). The molecule has 3 rings (SSSR count). The fourth-order valence-corrected chi connectivity index (χ4v) is 2.73. The number of halogens is 3. The molecule has 2 aromatic carbocycles. The third-order valence-electron chi connectivity index (χ3n) is 4.14. The summed E-state index contributed by atoms with van der Waals surface area (Å²) in [5.74, 6) is 0.445. The first-order chi connectivity index (χ1) is 13.4. The zero-order valence-electron chi connectivity index (χ0n) is 15.0. The van der Waals surface area contributed by atoms with Crippen LogP contribution < -0.4 is 10.1 Å². The van der Waals surface area contributed by atoms with Crippen LogP contribution >= 0.6 is 0 Å². The highest BCUT2D eigenvalue weighted by Crippen LogP contribution is 2.29. The maximum atomic E-state index is 12.5. The van der Waals surface area contributed by atoms with Gasteiger partial charge in [0, 0.05) is 18.1 Å². The van der Waals surface area contributed by atoms with E-state index in [-0.39, 0.29) is 12.3 Å². The number of ether oxygens (including phenoxy) is 1. The minimum absolute atomic E-state index is 0.0340. The number of carbonyl (C=O) groups is 1. The van der Waals surface area contributed by atoms with Gasteiger partial charge in [-0.1, -0.05) is 30.3 Å². The summed E-state index contributed by atoms with van der Waals surface area (Å²) in [6.45, 7) is 0.827. The van der Waals surface area contributed by atoms with Gasteiger partial charge in [0.05, 0.1) is 18.6 Å². The molecule has 3 aromatic rings. The molecule has 0 saturated carbocycles. The van der Waals surface area contributed by atoms with Crippen molar-refractivity contribution in [2.75, 3.05) is 13.2 Å². The molecule has 0 spiro atoms. The molecule has 1 amide bonds. The Bertz CT molecular complexity index is 935. The molecule has 0 unspecified atom stereocenters. The van der Waals surface area contributed by atoms with Crippen LogP contribution in [0.4, 0.5) is 13.2 Å². The fraction of sp³-hybridized carbons (Fsp3) is 0.238. The average molecular weight is 388 g/mol. The Morgan fingerprint density at radius 2 is 1.79 bits per heavy atom. The average Bonchev–Trinajstić information content (AvgIpc) is 2.67. The maximum absolute atomic E-state index is 12.5. The number of hydrogen-bond acceptors (Lipinski definition) is 3. The molecule has 0 atom stereocenters. The Kier molecular flexibility index (Phi) is 6.13. The van der Waals surface area contributed by atoms with Gasteiger partial charge >= 0.3 is 6.18 Å². The smallest absolute Gasteiger partial charge is 0.416 e. The maximum Gasteiger partial charge on any atom is 0.416 e. The monoisotopic (exact) mass is 388 g/mol. The van der Waals surface area contributed by atoms with Crippen LogP contribution in [0.1, 0.15) is 17.5 Å². The zero-order chi connectivity index (χ0) is 20.0. The van der Waals surface area contributed by atoms with Crippen molar-refractivity contribution in [1.82, 2.24) is 10.3 Å². The Morgan fingerprint density at radius 3 is 2.54 bits per heavy atom. The summed E-state index contributed by atoms with van der Waals surface area (Å²) < 4.78 is 43.3. The van der Waals surface area contributed by atoms with E-state index in [1.165, 1.54) is 12.1 Å². The Hall–Kier alpha value is -3.09. The first kappa shape index (κ1) is 19.7. The van der Waals surface area contributed by atoms with Crippen molar-refractivity contribution in [3.05, 3.63) is 71.9 Å². The van der Waals surface area contributed by atoms with E-state index in [2.05, 4.69) is 10.3 Å². The number of para-hydroxylation sites is 1. The van der Waals surface area contributed by atoms with Gasteiger partial charge in [-0.3, -0.25) is 9.78 Å². The quantitative estimate of drug-likeness (QED) is 0.611. The molecule has 0 aliphatic heterocycles. The van der Waals surface area contributed by atoms with Crippen molar-refractivity contribution in [2.45, 2.75) is 19.0 Å². The molecule has 0 fully saturated rings. The number of fused-ring (bicyclic) bond motifs is 1. The number of alkyl halides is 3. The highest BCUT2D eigenvalue weighted by Gasteiger charge is 2.29. The molecule has 0 aliphatic rings. The lowest BCUT2D eigenvalue weighted by atomic mass is 10.1. The minimum Gasteiger partial charge on any atom is -0.491 e. The topological polar surface area (TPSA) is 51.2 Å². The van der Waals surface area contributed by atoms with Crippen molar-refractivity contribution in [2.24, 2.45) is 0 Å². The van der Waals surface area contributed by atoms with Gasteiger partial charge in [-0.15, -0.1) is 0 Å². The molecule has 1 N–H and O–H groups in total. The van der Waals surface area contributed by atoms with E-state index < -0.39 is 11.7 Å². The highest BCUT2D eigenvalue weighted by atomic mass is 19.4. The fourth-order valence-electron chi connectivity index (χ4n) is 2.73. The lowest BCUT2D eigenvalue weighted by molar-refractivity contribution is -0.137. The number of rotatable bonds is 7. The van der Waals surface area contributed by atoms with Crippen LogP contribution in [0.15, 0.2) is 60.8 Å². The van der Waals surface area contributed by atoms with E-state index in [9.17, 15) is 18.0 Å². The second-order valence-corrected chi connectivity index (χ2v) is 6.25. The van der Waals surface area contributed by atoms with Crippen LogP contribution in [-0.4, -0.2) is 24.0 Å². The molecule has 7 heteroatoms. The third kappa shape index (κ3) is 5.22. The summed E-state index contributed by atoms with van der Waals surface area (Å²) in [7, 11) is 0. The summed E-state index contributed by atoms with van der Waals surface area (Å²) in [5.41, 5.74) is 0.594. The van der Waals surface area contributed by atoms with Gasteiger partial charge in [0.1, 0.15) is 11.3 Å². The Morgan fingerprint density at radius 1 is 1.04 bits per heavy atom. The summed E-state index contributed by atoms with van der Waals surface area (Å²) in [4.78, 5) is 16.2. The number of benzene rings is 2. The number of nitrogens with zero attached hydrogens (tertiary/aromatic N) is 1. The van der Waals surface area contributed by atoms with Crippen LogP contribution in [0.3, 0.4) is 0 Å². The zero-order valence-corrected chi connectivity index (χ0v) is 15.0. The SMILES string of the molecule is O=C(Cc1ccc(C(F)(F)F)cc1)NCCCOc1cccc2cccnc12. The highest BCUT2D eigenvalue weighted by molar-refractivity contribution is 5.84. The molecular weight excluding hydrogens is 369 g/mol.